The standard InChI is InChI=1S/C20H26N6O3/c1-20(2,3)29-19(27)25-10-4-6-14(25)9-8-13-12-26-18(16(21)22-13)23-17(24-26)15-7-5-11-28-15/h5,7,11-12,14H,4,6,8-10H2,1-3H3,(H2,21,22)/t14-/m1/s1. The Morgan fingerprint density at radius 3 is 2.93 bits per heavy atom. The largest absolute Gasteiger partial charge is 0.461 e. The molecule has 4 heterocycles. The highest BCUT2D eigenvalue weighted by Crippen LogP contribution is 2.25. The van der Waals surface area contributed by atoms with Gasteiger partial charge in [-0.2, -0.15) is 0 Å². The SMILES string of the molecule is CC(C)(C)OC(=O)N1CCC[C@@H]1CCc1cn2nc(-c3ccco3)nc2c(N)n1. The molecule has 1 saturated heterocycles. The van der Waals surface area contributed by atoms with Gasteiger partial charge in [-0.05, 0) is 58.6 Å². The van der Waals surface area contributed by atoms with E-state index in [-0.39, 0.29) is 12.1 Å². The van der Waals surface area contributed by atoms with E-state index in [0.717, 1.165) is 31.5 Å². The van der Waals surface area contributed by atoms with E-state index in [1.165, 1.54) is 0 Å². The zero-order chi connectivity index (χ0) is 20.6. The average molecular weight is 398 g/mol. The van der Waals surface area contributed by atoms with Gasteiger partial charge in [-0.1, -0.05) is 0 Å². The van der Waals surface area contributed by atoms with Crippen molar-refractivity contribution in [3.05, 3.63) is 30.3 Å². The van der Waals surface area contributed by atoms with Crippen LogP contribution in [0.2, 0.25) is 0 Å². The zero-order valence-corrected chi connectivity index (χ0v) is 17.0. The minimum atomic E-state index is -0.496. The Kier molecular flexibility index (Phi) is 4.89. The molecular weight excluding hydrogens is 372 g/mol. The minimum absolute atomic E-state index is 0.137. The number of ether oxygens (including phenoxy) is 1. The fraction of sp³-hybridized carbons (Fsp3) is 0.500. The van der Waals surface area contributed by atoms with Crippen LogP contribution in [0.15, 0.2) is 29.0 Å². The Morgan fingerprint density at radius 2 is 2.21 bits per heavy atom. The van der Waals surface area contributed by atoms with E-state index in [1.54, 1.807) is 22.9 Å². The van der Waals surface area contributed by atoms with Gasteiger partial charge < -0.3 is 19.8 Å². The molecule has 0 radical (unpaired) electrons. The summed E-state index contributed by atoms with van der Waals surface area (Å²) in [5.74, 6) is 1.37. The number of furan rings is 1. The Hall–Kier alpha value is -3.10. The Balaban J connectivity index is 1.47. The molecule has 4 rings (SSSR count). The second-order valence-electron chi connectivity index (χ2n) is 8.31. The van der Waals surface area contributed by atoms with Crippen molar-refractivity contribution in [1.82, 2.24) is 24.5 Å². The second-order valence-corrected chi connectivity index (χ2v) is 8.31. The first-order valence-corrected chi connectivity index (χ1v) is 9.85. The number of aromatic nitrogens is 4. The van der Waals surface area contributed by atoms with Gasteiger partial charge in [-0.3, -0.25) is 0 Å². The predicted molar refractivity (Wildman–Crippen MR) is 107 cm³/mol. The summed E-state index contributed by atoms with van der Waals surface area (Å²) in [6.45, 7) is 6.37. The molecule has 0 bridgehead atoms. The molecule has 3 aromatic heterocycles. The highest BCUT2D eigenvalue weighted by molar-refractivity contribution is 5.69. The molecule has 3 aromatic rings. The number of likely N-dealkylation sites (tertiary alicyclic amines) is 1. The molecule has 29 heavy (non-hydrogen) atoms. The van der Waals surface area contributed by atoms with Crippen molar-refractivity contribution in [3.8, 4) is 11.6 Å². The number of aryl methyl sites for hydroxylation is 1. The van der Waals surface area contributed by atoms with Crippen LogP contribution in [0.4, 0.5) is 10.6 Å². The number of carbonyl (C=O) groups is 1. The molecule has 154 valence electrons. The molecule has 0 saturated carbocycles. The topological polar surface area (TPSA) is 112 Å². The lowest BCUT2D eigenvalue weighted by atomic mass is 10.1. The number of nitrogens with zero attached hydrogens (tertiary/aromatic N) is 5. The first-order valence-electron chi connectivity index (χ1n) is 9.85. The lowest BCUT2D eigenvalue weighted by molar-refractivity contribution is 0.0220. The third-order valence-corrected chi connectivity index (χ3v) is 4.88. The van der Waals surface area contributed by atoms with Crippen LogP contribution in [0, 0.1) is 0 Å². The molecule has 2 N–H and O–H groups in total. The van der Waals surface area contributed by atoms with Crippen molar-refractivity contribution in [2.24, 2.45) is 0 Å². The minimum Gasteiger partial charge on any atom is -0.461 e. The van der Waals surface area contributed by atoms with E-state index in [9.17, 15) is 4.79 Å². The van der Waals surface area contributed by atoms with Crippen LogP contribution >= 0.6 is 0 Å². The van der Waals surface area contributed by atoms with Crippen molar-refractivity contribution in [1.29, 1.82) is 0 Å². The van der Waals surface area contributed by atoms with Crippen LogP contribution in [0.5, 0.6) is 0 Å². The molecular formula is C20H26N6O3. The first kappa shape index (κ1) is 19.2. The molecule has 1 aliphatic heterocycles. The summed E-state index contributed by atoms with van der Waals surface area (Å²) in [5.41, 5.74) is 6.91. The van der Waals surface area contributed by atoms with Gasteiger partial charge >= 0.3 is 6.09 Å². The van der Waals surface area contributed by atoms with Gasteiger partial charge in [-0.25, -0.2) is 19.3 Å². The third kappa shape index (κ3) is 4.18. The van der Waals surface area contributed by atoms with Crippen LogP contribution in [-0.4, -0.2) is 48.8 Å². The molecule has 0 spiro atoms. The highest BCUT2D eigenvalue weighted by atomic mass is 16.6. The van der Waals surface area contributed by atoms with E-state index in [1.807, 2.05) is 31.9 Å². The molecule has 0 aromatic carbocycles. The van der Waals surface area contributed by atoms with Gasteiger partial charge in [-0.15, -0.1) is 5.10 Å². The highest BCUT2D eigenvalue weighted by Gasteiger charge is 2.32. The lowest BCUT2D eigenvalue weighted by Gasteiger charge is -2.28. The molecule has 9 nitrogen and oxygen atoms in total. The normalized spacial score (nSPS) is 17.2. The molecule has 1 atom stereocenters. The lowest BCUT2D eigenvalue weighted by Crippen LogP contribution is -2.40. The predicted octanol–water partition coefficient (Wildman–Crippen LogP) is 3.30. The van der Waals surface area contributed by atoms with Crippen LogP contribution in [0.3, 0.4) is 0 Å². The Labute approximate surface area is 168 Å². The van der Waals surface area contributed by atoms with E-state index >= 15 is 0 Å². The number of rotatable bonds is 4. The molecule has 0 unspecified atom stereocenters. The van der Waals surface area contributed by atoms with Crippen molar-refractivity contribution >= 4 is 17.6 Å². The van der Waals surface area contributed by atoms with E-state index in [0.29, 0.717) is 29.5 Å². The number of amides is 1. The average Bonchev–Trinajstić information content (AvgIpc) is 3.37. The Bertz CT molecular complexity index is 1010. The van der Waals surface area contributed by atoms with Gasteiger partial charge in [0.2, 0.25) is 5.82 Å². The van der Waals surface area contributed by atoms with Gasteiger partial charge in [0.1, 0.15) is 5.60 Å². The molecule has 0 aliphatic carbocycles. The monoisotopic (exact) mass is 398 g/mol. The van der Waals surface area contributed by atoms with Crippen LogP contribution < -0.4 is 5.73 Å². The van der Waals surface area contributed by atoms with Crippen molar-refractivity contribution in [2.45, 2.75) is 58.1 Å². The summed E-state index contributed by atoms with van der Waals surface area (Å²) in [5, 5.41) is 4.45. The number of nitrogens with two attached hydrogens (primary N) is 1. The molecule has 1 fully saturated rings. The maximum absolute atomic E-state index is 12.5. The number of nitrogen functional groups attached to an aromatic ring is 1. The molecule has 1 amide bonds. The number of anilines is 1. The van der Waals surface area contributed by atoms with Crippen LogP contribution in [-0.2, 0) is 11.2 Å². The van der Waals surface area contributed by atoms with Gasteiger partial charge in [0.05, 0.1) is 18.2 Å². The summed E-state index contributed by atoms with van der Waals surface area (Å²) < 4.78 is 12.5. The van der Waals surface area contributed by atoms with E-state index in [2.05, 4.69) is 15.1 Å². The zero-order valence-electron chi connectivity index (χ0n) is 17.0. The maximum Gasteiger partial charge on any atom is 0.410 e. The van der Waals surface area contributed by atoms with Crippen molar-refractivity contribution < 1.29 is 13.9 Å². The summed E-state index contributed by atoms with van der Waals surface area (Å²) in [6, 6.07) is 3.72. The first-order chi connectivity index (χ1) is 13.8. The fourth-order valence-electron chi connectivity index (χ4n) is 3.60. The molecule has 1 aliphatic rings. The van der Waals surface area contributed by atoms with Crippen LogP contribution in [0.25, 0.3) is 17.2 Å². The number of fused-ring (bicyclic) bond motifs is 1. The van der Waals surface area contributed by atoms with E-state index in [4.69, 9.17) is 14.9 Å². The number of hydrogen-bond acceptors (Lipinski definition) is 7. The van der Waals surface area contributed by atoms with E-state index < -0.39 is 5.60 Å². The fourth-order valence-corrected chi connectivity index (χ4v) is 3.60. The van der Waals surface area contributed by atoms with Gasteiger partial charge in [0.25, 0.3) is 0 Å². The maximum atomic E-state index is 12.5. The second kappa shape index (κ2) is 7.38. The van der Waals surface area contributed by atoms with Gasteiger partial charge in [0.15, 0.2) is 17.2 Å². The summed E-state index contributed by atoms with van der Waals surface area (Å²) in [6.07, 6.45) is 6.57. The van der Waals surface area contributed by atoms with Crippen LogP contribution in [0.1, 0.15) is 45.7 Å². The number of hydrogen-bond donors (Lipinski definition) is 1. The quantitative estimate of drug-likeness (QED) is 0.717. The summed E-state index contributed by atoms with van der Waals surface area (Å²) in [4.78, 5) is 23.2. The van der Waals surface area contributed by atoms with Crippen molar-refractivity contribution in [2.75, 3.05) is 12.3 Å². The summed E-state index contributed by atoms with van der Waals surface area (Å²) >= 11 is 0. The third-order valence-electron chi connectivity index (χ3n) is 4.88. The Morgan fingerprint density at radius 1 is 1.38 bits per heavy atom. The summed E-state index contributed by atoms with van der Waals surface area (Å²) in [7, 11) is 0. The van der Waals surface area contributed by atoms with Crippen molar-refractivity contribution in [3.63, 3.8) is 0 Å². The van der Waals surface area contributed by atoms with Gasteiger partial charge in [0, 0.05) is 12.6 Å². The molecule has 9 heteroatoms. The number of carbonyl (C=O) groups excluding carboxylic acids is 1. The smallest absolute Gasteiger partial charge is 0.410 e.